The number of alkyl halides is 1. The molecule has 0 fully saturated rings. The number of rotatable bonds is 0. The Bertz CT molecular complexity index is 84.6. The maximum Gasteiger partial charge on any atom is 0.118 e. The Hall–Kier alpha value is -0.330. The number of hydrogen-bond acceptors (Lipinski definition) is 0. The molecule has 46 valence electrons. The Balaban J connectivity index is 2.42. The molecular formula is C7H11F. The van der Waals surface area contributed by atoms with Gasteiger partial charge in [-0.1, -0.05) is 19.1 Å². The second kappa shape index (κ2) is 2.29. The lowest BCUT2D eigenvalue weighted by molar-refractivity contribution is 0.341. The summed E-state index contributed by atoms with van der Waals surface area (Å²) in [6, 6.07) is 0. The predicted octanol–water partition coefficient (Wildman–Crippen LogP) is 2.31. The highest BCUT2D eigenvalue weighted by Crippen LogP contribution is 2.18. The molecule has 2 unspecified atom stereocenters. The van der Waals surface area contributed by atoms with Crippen molar-refractivity contribution in [3.05, 3.63) is 12.2 Å². The molecular weight excluding hydrogens is 103 g/mol. The summed E-state index contributed by atoms with van der Waals surface area (Å²) in [4.78, 5) is 0. The van der Waals surface area contributed by atoms with Crippen LogP contribution < -0.4 is 0 Å². The minimum absolute atomic E-state index is 0.599. The van der Waals surface area contributed by atoms with E-state index in [0.717, 1.165) is 12.8 Å². The van der Waals surface area contributed by atoms with Crippen molar-refractivity contribution in [3.63, 3.8) is 0 Å². The summed E-state index contributed by atoms with van der Waals surface area (Å²) in [6.45, 7) is 2.11. The van der Waals surface area contributed by atoms with E-state index >= 15 is 0 Å². The Morgan fingerprint density at radius 2 is 2.12 bits per heavy atom. The highest BCUT2D eigenvalue weighted by Gasteiger charge is 2.09. The predicted molar refractivity (Wildman–Crippen MR) is 32.4 cm³/mol. The lowest BCUT2D eigenvalue weighted by atomic mass is 9.97. The van der Waals surface area contributed by atoms with E-state index in [1.165, 1.54) is 0 Å². The standard InChI is InChI=1S/C7H11F/c1-6-2-4-7(8)5-3-6/h2,4,6-7H,3,5H2,1H3. The third kappa shape index (κ3) is 1.32. The Kier molecular flexibility index (Phi) is 1.66. The molecule has 0 aliphatic heterocycles. The van der Waals surface area contributed by atoms with Gasteiger partial charge in [0.1, 0.15) is 6.17 Å². The van der Waals surface area contributed by atoms with E-state index < -0.39 is 6.17 Å². The smallest absolute Gasteiger partial charge is 0.118 e. The van der Waals surface area contributed by atoms with Crippen molar-refractivity contribution < 1.29 is 4.39 Å². The maximum absolute atomic E-state index is 12.3. The van der Waals surface area contributed by atoms with Gasteiger partial charge in [0.25, 0.3) is 0 Å². The zero-order chi connectivity index (χ0) is 5.98. The van der Waals surface area contributed by atoms with Gasteiger partial charge in [0, 0.05) is 0 Å². The Morgan fingerprint density at radius 1 is 1.38 bits per heavy atom. The molecule has 0 aromatic rings. The van der Waals surface area contributed by atoms with Crippen molar-refractivity contribution in [2.24, 2.45) is 5.92 Å². The summed E-state index contributed by atoms with van der Waals surface area (Å²) in [7, 11) is 0. The summed E-state index contributed by atoms with van der Waals surface area (Å²) in [6.07, 6.45) is 4.68. The van der Waals surface area contributed by atoms with Gasteiger partial charge in [-0.2, -0.15) is 0 Å². The van der Waals surface area contributed by atoms with Gasteiger partial charge in [-0.25, -0.2) is 4.39 Å². The van der Waals surface area contributed by atoms with Gasteiger partial charge in [0.05, 0.1) is 0 Å². The van der Waals surface area contributed by atoms with Gasteiger partial charge in [-0.05, 0) is 18.8 Å². The molecule has 2 atom stereocenters. The molecule has 0 aromatic heterocycles. The number of halogens is 1. The Labute approximate surface area is 49.4 Å². The topological polar surface area (TPSA) is 0 Å². The van der Waals surface area contributed by atoms with E-state index in [1.807, 2.05) is 6.08 Å². The first kappa shape index (κ1) is 5.80. The minimum atomic E-state index is -0.661. The SMILES string of the molecule is CC1C=CC(F)CC1. The van der Waals surface area contributed by atoms with Crippen LogP contribution >= 0.6 is 0 Å². The molecule has 1 aliphatic rings. The molecule has 0 amide bonds. The zero-order valence-corrected chi connectivity index (χ0v) is 5.10. The molecule has 0 N–H and O–H groups in total. The molecule has 1 aliphatic carbocycles. The number of allylic oxidation sites excluding steroid dienone is 2. The van der Waals surface area contributed by atoms with Crippen LogP contribution in [0.25, 0.3) is 0 Å². The van der Waals surface area contributed by atoms with Gasteiger partial charge in [0.15, 0.2) is 0 Å². The second-order valence-corrected chi connectivity index (χ2v) is 2.46. The van der Waals surface area contributed by atoms with Crippen molar-refractivity contribution in [1.29, 1.82) is 0 Å². The first-order chi connectivity index (χ1) is 3.79. The monoisotopic (exact) mass is 114 g/mol. The first-order valence-electron chi connectivity index (χ1n) is 3.11. The summed E-state index contributed by atoms with van der Waals surface area (Å²) in [5.41, 5.74) is 0. The highest BCUT2D eigenvalue weighted by molar-refractivity contribution is 4.96. The van der Waals surface area contributed by atoms with Crippen molar-refractivity contribution in [2.75, 3.05) is 0 Å². The third-order valence-electron chi connectivity index (χ3n) is 1.55. The van der Waals surface area contributed by atoms with Crippen LogP contribution in [-0.4, -0.2) is 6.17 Å². The first-order valence-corrected chi connectivity index (χ1v) is 3.11. The molecule has 1 heteroatoms. The quantitative estimate of drug-likeness (QED) is 0.424. The lowest BCUT2D eigenvalue weighted by Crippen LogP contribution is -2.05. The minimum Gasteiger partial charge on any atom is -0.243 e. The summed E-state index contributed by atoms with van der Waals surface area (Å²) in [5, 5.41) is 0. The van der Waals surface area contributed by atoms with Crippen LogP contribution in [0.1, 0.15) is 19.8 Å². The van der Waals surface area contributed by atoms with Crippen LogP contribution in [-0.2, 0) is 0 Å². The Morgan fingerprint density at radius 3 is 2.50 bits per heavy atom. The average Bonchev–Trinajstić information content (AvgIpc) is 1.77. The molecule has 0 aromatic carbocycles. The molecule has 0 radical (unpaired) electrons. The molecule has 0 heterocycles. The van der Waals surface area contributed by atoms with Crippen molar-refractivity contribution in [2.45, 2.75) is 25.9 Å². The van der Waals surface area contributed by atoms with E-state index in [1.54, 1.807) is 6.08 Å². The van der Waals surface area contributed by atoms with Crippen LogP contribution in [0.15, 0.2) is 12.2 Å². The largest absolute Gasteiger partial charge is 0.243 e. The van der Waals surface area contributed by atoms with Crippen molar-refractivity contribution in [1.82, 2.24) is 0 Å². The highest BCUT2D eigenvalue weighted by atomic mass is 19.1. The van der Waals surface area contributed by atoms with Crippen molar-refractivity contribution in [3.8, 4) is 0 Å². The fourth-order valence-corrected chi connectivity index (χ4v) is 0.925. The summed E-state index contributed by atoms with van der Waals surface area (Å²) in [5.74, 6) is 0.599. The molecule has 0 nitrogen and oxygen atoms in total. The normalized spacial score (nSPS) is 37.8. The van der Waals surface area contributed by atoms with E-state index in [4.69, 9.17) is 0 Å². The fourth-order valence-electron chi connectivity index (χ4n) is 0.925. The molecule has 0 saturated heterocycles. The second-order valence-electron chi connectivity index (χ2n) is 2.46. The lowest BCUT2D eigenvalue weighted by Gasteiger charge is -2.12. The van der Waals surface area contributed by atoms with Crippen molar-refractivity contribution >= 4 is 0 Å². The average molecular weight is 114 g/mol. The van der Waals surface area contributed by atoms with Gasteiger partial charge < -0.3 is 0 Å². The van der Waals surface area contributed by atoms with Gasteiger partial charge in [-0.3, -0.25) is 0 Å². The molecule has 0 spiro atoms. The molecule has 0 saturated carbocycles. The third-order valence-corrected chi connectivity index (χ3v) is 1.55. The van der Waals surface area contributed by atoms with Gasteiger partial charge in [0.2, 0.25) is 0 Å². The summed E-state index contributed by atoms with van der Waals surface area (Å²) < 4.78 is 12.3. The van der Waals surface area contributed by atoms with Crippen LogP contribution in [0.5, 0.6) is 0 Å². The zero-order valence-electron chi connectivity index (χ0n) is 5.10. The van der Waals surface area contributed by atoms with Crippen LogP contribution in [0, 0.1) is 5.92 Å². The van der Waals surface area contributed by atoms with E-state index in [-0.39, 0.29) is 0 Å². The van der Waals surface area contributed by atoms with E-state index in [2.05, 4.69) is 6.92 Å². The van der Waals surface area contributed by atoms with E-state index in [9.17, 15) is 4.39 Å². The molecule has 8 heavy (non-hydrogen) atoms. The van der Waals surface area contributed by atoms with E-state index in [0.29, 0.717) is 5.92 Å². The fraction of sp³-hybridized carbons (Fsp3) is 0.714. The molecule has 0 bridgehead atoms. The van der Waals surface area contributed by atoms with Gasteiger partial charge >= 0.3 is 0 Å². The van der Waals surface area contributed by atoms with Crippen LogP contribution in [0.3, 0.4) is 0 Å². The molecule has 1 rings (SSSR count). The van der Waals surface area contributed by atoms with Crippen LogP contribution in [0.2, 0.25) is 0 Å². The number of hydrogen-bond donors (Lipinski definition) is 0. The maximum atomic E-state index is 12.3. The van der Waals surface area contributed by atoms with Gasteiger partial charge in [-0.15, -0.1) is 0 Å². The van der Waals surface area contributed by atoms with Crippen LogP contribution in [0.4, 0.5) is 4.39 Å². The summed E-state index contributed by atoms with van der Waals surface area (Å²) >= 11 is 0.